The van der Waals surface area contributed by atoms with E-state index in [1.807, 2.05) is 13.8 Å². The average molecular weight is 222 g/mol. The summed E-state index contributed by atoms with van der Waals surface area (Å²) in [6.45, 7) is 4.41. The molecule has 4 nitrogen and oxygen atoms in total. The molecule has 1 heterocycles. The predicted octanol–water partition coefficient (Wildman–Crippen LogP) is 2.51. The summed E-state index contributed by atoms with van der Waals surface area (Å²) in [5.74, 6) is -0.596. The lowest BCUT2D eigenvalue weighted by atomic mass is 10.2. The molecule has 0 bridgehead atoms. The van der Waals surface area contributed by atoms with Crippen LogP contribution in [0.1, 0.15) is 39.5 Å². The Balaban J connectivity index is 2.43. The summed E-state index contributed by atoms with van der Waals surface area (Å²) < 4.78 is 22.0. The summed E-state index contributed by atoms with van der Waals surface area (Å²) >= 11 is 0. The van der Waals surface area contributed by atoms with E-state index in [1.54, 1.807) is 0 Å². The van der Waals surface area contributed by atoms with Crippen molar-refractivity contribution >= 4 is 7.60 Å². The van der Waals surface area contributed by atoms with Crippen LogP contribution in [0, 0.1) is 0 Å². The highest BCUT2D eigenvalue weighted by Crippen LogP contribution is 2.52. The Hall–Kier alpha value is 0.110. The van der Waals surface area contributed by atoms with Crippen LogP contribution in [0.15, 0.2) is 0 Å². The highest BCUT2D eigenvalue weighted by atomic mass is 31.2. The van der Waals surface area contributed by atoms with Gasteiger partial charge in [-0.2, -0.15) is 0 Å². The molecule has 1 fully saturated rings. The third kappa shape index (κ3) is 3.35. The second kappa shape index (κ2) is 5.26. The van der Waals surface area contributed by atoms with E-state index in [1.165, 1.54) is 0 Å². The van der Waals surface area contributed by atoms with Gasteiger partial charge in [0.1, 0.15) is 0 Å². The van der Waals surface area contributed by atoms with Crippen LogP contribution in [-0.4, -0.2) is 23.4 Å². The van der Waals surface area contributed by atoms with Gasteiger partial charge < -0.3 is 14.2 Å². The summed E-state index contributed by atoms with van der Waals surface area (Å²) in [7, 11) is -3.55. The van der Waals surface area contributed by atoms with Crippen LogP contribution >= 0.6 is 7.60 Å². The zero-order chi connectivity index (χ0) is 10.6. The summed E-state index contributed by atoms with van der Waals surface area (Å²) in [5, 5.41) is 0. The molecular formula is C9H19O4P. The maximum atomic E-state index is 11.7. The van der Waals surface area contributed by atoms with Crippen molar-refractivity contribution in [2.24, 2.45) is 0 Å². The van der Waals surface area contributed by atoms with Crippen LogP contribution in [0.4, 0.5) is 0 Å². The highest BCUT2D eigenvalue weighted by Gasteiger charge is 2.37. The van der Waals surface area contributed by atoms with Crippen LogP contribution < -0.4 is 0 Å². The lowest BCUT2D eigenvalue weighted by molar-refractivity contribution is 0.107. The van der Waals surface area contributed by atoms with E-state index in [4.69, 9.17) is 9.26 Å². The van der Waals surface area contributed by atoms with Crippen molar-refractivity contribution in [1.82, 2.24) is 0 Å². The number of hydrogen-bond acceptors (Lipinski definition) is 3. The minimum absolute atomic E-state index is 0.167. The SMILES string of the molecule is CCCC(C)OP(=O)(O)C1CCCO1. The maximum absolute atomic E-state index is 11.7. The molecule has 3 unspecified atom stereocenters. The van der Waals surface area contributed by atoms with Crippen molar-refractivity contribution in [2.75, 3.05) is 6.61 Å². The Labute approximate surface area is 85.1 Å². The van der Waals surface area contributed by atoms with Gasteiger partial charge in [-0.1, -0.05) is 13.3 Å². The number of rotatable bonds is 5. The van der Waals surface area contributed by atoms with Crippen LogP contribution in [0.2, 0.25) is 0 Å². The number of hydrogen-bond donors (Lipinski definition) is 1. The first-order valence-corrected chi connectivity index (χ1v) is 6.83. The molecule has 3 atom stereocenters. The van der Waals surface area contributed by atoms with Crippen LogP contribution in [-0.2, 0) is 13.8 Å². The predicted molar refractivity (Wildman–Crippen MR) is 54.3 cm³/mol. The fraction of sp³-hybridized carbons (Fsp3) is 1.00. The van der Waals surface area contributed by atoms with Crippen molar-refractivity contribution < 1.29 is 18.7 Å². The van der Waals surface area contributed by atoms with Crippen molar-refractivity contribution in [2.45, 2.75) is 51.5 Å². The second-order valence-corrected chi connectivity index (χ2v) is 5.65. The summed E-state index contributed by atoms with van der Waals surface area (Å²) in [5.41, 5.74) is 0. The molecule has 0 aromatic rings. The zero-order valence-corrected chi connectivity index (χ0v) is 9.70. The monoisotopic (exact) mass is 222 g/mol. The lowest BCUT2D eigenvalue weighted by Gasteiger charge is -2.21. The molecule has 0 aliphatic carbocycles. The highest BCUT2D eigenvalue weighted by molar-refractivity contribution is 7.53. The van der Waals surface area contributed by atoms with Crippen molar-refractivity contribution in [3.63, 3.8) is 0 Å². The van der Waals surface area contributed by atoms with E-state index in [9.17, 15) is 9.46 Å². The van der Waals surface area contributed by atoms with Gasteiger partial charge in [0, 0.05) is 6.61 Å². The Morgan fingerprint density at radius 1 is 1.71 bits per heavy atom. The largest absolute Gasteiger partial charge is 0.366 e. The van der Waals surface area contributed by atoms with E-state index in [2.05, 4.69) is 0 Å². The first-order chi connectivity index (χ1) is 6.56. The summed E-state index contributed by atoms with van der Waals surface area (Å²) in [4.78, 5) is 9.62. The molecule has 1 aliphatic rings. The Morgan fingerprint density at radius 2 is 2.43 bits per heavy atom. The van der Waals surface area contributed by atoms with Crippen molar-refractivity contribution in [3.8, 4) is 0 Å². The molecule has 1 aliphatic heterocycles. The van der Waals surface area contributed by atoms with Gasteiger partial charge in [0.05, 0.1) is 6.10 Å². The van der Waals surface area contributed by atoms with Gasteiger partial charge in [-0.05, 0) is 26.2 Å². The molecular weight excluding hydrogens is 203 g/mol. The average Bonchev–Trinajstić information content (AvgIpc) is 2.54. The van der Waals surface area contributed by atoms with Gasteiger partial charge in [-0.15, -0.1) is 0 Å². The van der Waals surface area contributed by atoms with E-state index in [0.29, 0.717) is 13.0 Å². The molecule has 1 rings (SSSR count). The first kappa shape index (κ1) is 12.2. The smallest absolute Gasteiger partial charge is 0.356 e. The van der Waals surface area contributed by atoms with Crippen molar-refractivity contribution in [3.05, 3.63) is 0 Å². The summed E-state index contributed by atoms with van der Waals surface area (Å²) in [6, 6.07) is 0. The Bertz CT molecular complexity index is 213. The molecule has 1 saturated heterocycles. The molecule has 5 heteroatoms. The molecule has 0 aromatic carbocycles. The van der Waals surface area contributed by atoms with E-state index >= 15 is 0 Å². The van der Waals surface area contributed by atoms with Crippen molar-refractivity contribution in [1.29, 1.82) is 0 Å². The fourth-order valence-corrected chi connectivity index (χ4v) is 3.16. The van der Waals surface area contributed by atoms with Crippen LogP contribution in [0.5, 0.6) is 0 Å². The molecule has 0 saturated carbocycles. The standard InChI is InChI=1S/C9H19O4P/c1-3-5-8(2)13-14(10,11)9-6-4-7-12-9/h8-9H,3-7H2,1-2H3,(H,10,11). The Morgan fingerprint density at radius 3 is 2.93 bits per heavy atom. The molecule has 14 heavy (non-hydrogen) atoms. The summed E-state index contributed by atoms with van der Waals surface area (Å²) in [6.07, 6.45) is 3.07. The third-order valence-corrected chi connectivity index (χ3v) is 4.09. The minimum atomic E-state index is -3.55. The topological polar surface area (TPSA) is 55.8 Å². The number of ether oxygens (including phenoxy) is 1. The van der Waals surface area contributed by atoms with Gasteiger partial charge >= 0.3 is 7.60 Å². The van der Waals surface area contributed by atoms with E-state index in [-0.39, 0.29) is 6.10 Å². The van der Waals surface area contributed by atoms with Crippen LogP contribution in [0.3, 0.4) is 0 Å². The normalized spacial score (nSPS) is 28.6. The molecule has 1 N–H and O–H groups in total. The molecule has 0 spiro atoms. The lowest BCUT2D eigenvalue weighted by Crippen LogP contribution is -2.14. The first-order valence-electron chi connectivity index (χ1n) is 5.18. The second-order valence-electron chi connectivity index (χ2n) is 3.74. The fourth-order valence-electron chi connectivity index (χ4n) is 1.60. The van der Waals surface area contributed by atoms with Gasteiger partial charge in [-0.3, -0.25) is 4.57 Å². The molecule has 0 amide bonds. The van der Waals surface area contributed by atoms with E-state index in [0.717, 1.165) is 19.3 Å². The molecule has 0 aromatic heterocycles. The van der Waals surface area contributed by atoms with Gasteiger partial charge in [-0.25, -0.2) is 0 Å². The van der Waals surface area contributed by atoms with Gasteiger partial charge in [0.15, 0.2) is 5.85 Å². The van der Waals surface area contributed by atoms with Gasteiger partial charge in [0.2, 0.25) is 0 Å². The minimum Gasteiger partial charge on any atom is -0.366 e. The maximum Gasteiger partial charge on any atom is 0.356 e. The third-order valence-electron chi connectivity index (χ3n) is 2.30. The van der Waals surface area contributed by atoms with E-state index < -0.39 is 13.4 Å². The zero-order valence-electron chi connectivity index (χ0n) is 8.81. The Kier molecular flexibility index (Phi) is 4.58. The molecule has 84 valence electrons. The van der Waals surface area contributed by atoms with Crippen LogP contribution in [0.25, 0.3) is 0 Å². The quantitative estimate of drug-likeness (QED) is 0.726. The molecule has 0 radical (unpaired) electrons. The van der Waals surface area contributed by atoms with Gasteiger partial charge in [0.25, 0.3) is 0 Å².